The van der Waals surface area contributed by atoms with E-state index >= 15 is 0 Å². The summed E-state index contributed by atoms with van der Waals surface area (Å²) in [6.07, 6.45) is 0. The van der Waals surface area contributed by atoms with Crippen LogP contribution in [0.3, 0.4) is 0 Å². The number of nitrogens with zero attached hydrogens (tertiary/aromatic N) is 2. The van der Waals surface area contributed by atoms with Gasteiger partial charge in [0.2, 0.25) is 5.91 Å². The van der Waals surface area contributed by atoms with Crippen LogP contribution in [0.5, 0.6) is 0 Å². The minimum atomic E-state index is -0.219. The molecule has 0 spiro atoms. The maximum atomic E-state index is 12.4. The van der Waals surface area contributed by atoms with Gasteiger partial charge in [0.1, 0.15) is 0 Å². The van der Waals surface area contributed by atoms with Gasteiger partial charge in [0.05, 0.1) is 24.7 Å². The standard InChI is InChI=1S/C17H17N3O2S/c1-2-20(12-16(21)19-11-15-4-3-9-23-15)17(22)14-7-5-13(10-18)6-8-14/h3-9H,2,11-12H2,1H3,(H,19,21). The maximum Gasteiger partial charge on any atom is 0.254 e. The number of likely N-dealkylation sites (N-methyl/N-ethyl adjacent to an activating group) is 1. The van der Waals surface area contributed by atoms with Crippen molar-refractivity contribution in [1.82, 2.24) is 10.2 Å². The highest BCUT2D eigenvalue weighted by atomic mass is 32.1. The first kappa shape index (κ1) is 16.7. The third-order valence-electron chi connectivity index (χ3n) is 3.30. The molecular formula is C17H17N3O2S. The van der Waals surface area contributed by atoms with E-state index < -0.39 is 0 Å². The van der Waals surface area contributed by atoms with Crippen molar-refractivity contribution in [1.29, 1.82) is 5.26 Å². The van der Waals surface area contributed by atoms with Crippen LogP contribution >= 0.6 is 11.3 Å². The average Bonchev–Trinajstić information content (AvgIpc) is 3.11. The molecule has 0 radical (unpaired) electrons. The van der Waals surface area contributed by atoms with Crippen LogP contribution in [-0.4, -0.2) is 29.8 Å². The Morgan fingerprint density at radius 3 is 2.57 bits per heavy atom. The van der Waals surface area contributed by atoms with E-state index in [2.05, 4.69) is 5.32 Å². The Hall–Kier alpha value is -2.65. The minimum absolute atomic E-state index is 0.0146. The zero-order valence-electron chi connectivity index (χ0n) is 12.8. The SMILES string of the molecule is CCN(CC(=O)NCc1cccs1)C(=O)c1ccc(C#N)cc1. The highest BCUT2D eigenvalue weighted by Gasteiger charge is 2.17. The summed E-state index contributed by atoms with van der Waals surface area (Å²) in [5.74, 6) is -0.412. The second-order valence-electron chi connectivity index (χ2n) is 4.86. The van der Waals surface area contributed by atoms with E-state index in [1.54, 1.807) is 35.6 Å². The van der Waals surface area contributed by atoms with Gasteiger partial charge in [0.15, 0.2) is 0 Å². The Balaban J connectivity index is 1.93. The summed E-state index contributed by atoms with van der Waals surface area (Å²) in [6.45, 7) is 2.75. The predicted octanol–water partition coefficient (Wildman–Crippen LogP) is 2.40. The minimum Gasteiger partial charge on any atom is -0.350 e. The average molecular weight is 327 g/mol. The van der Waals surface area contributed by atoms with Crippen LogP contribution in [0.25, 0.3) is 0 Å². The number of nitrogens with one attached hydrogen (secondary N) is 1. The van der Waals surface area contributed by atoms with E-state index in [9.17, 15) is 9.59 Å². The van der Waals surface area contributed by atoms with E-state index in [0.29, 0.717) is 24.2 Å². The first-order valence-electron chi connectivity index (χ1n) is 7.22. The van der Waals surface area contributed by atoms with Gasteiger partial charge in [-0.25, -0.2) is 0 Å². The van der Waals surface area contributed by atoms with Crippen LogP contribution < -0.4 is 5.32 Å². The Morgan fingerprint density at radius 1 is 1.26 bits per heavy atom. The van der Waals surface area contributed by atoms with Gasteiger partial charge in [0, 0.05) is 17.0 Å². The molecule has 1 N–H and O–H groups in total. The molecule has 0 unspecified atom stereocenters. The van der Waals surface area contributed by atoms with Crippen molar-refractivity contribution in [3.05, 3.63) is 57.8 Å². The molecule has 0 aliphatic rings. The summed E-state index contributed by atoms with van der Waals surface area (Å²) in [4.78, 5) is 27.0. The normalized spacial score (nSPS) is 9.91. The number of nitriles is 1. The molecule has 6 heteroatoms. The Morgan fingerprint density at radius 2 is 2.00 bits per heavy atom. The fourth-order valence-electron chi connectivity index (χ4n) is 2.03. The predicted molar refractivity (Wildman–Crippen MR) is 88.9 cm³/mol. The molecule has 118 valence electrons. The molecular weight excluding hydrogens is 310 g/mol. The fraction of sp³-hybridized carbons (Fsp3) is 0.235. The largest absolute Gasteiger partial charge is 0.350 e. The Kier molecular flexibility index (Phi) is 5.89. The topological polar surface area (TPSA) is 73.2 Å². The van der Waals surface area contributed by atoms with Gasteiger partial charge in [0.25, 0.3) is 5.91 Å². The first-order valence-corrected chi connectivity index (χ1v) is 8.10. The van der Waals surface area contributed by atoms with Crippen molar-refractivity contribution in [2.75, 3.05) is 13.1 Å². The number of hydrogen-bond donors (Lipinski definition) is 1. The quantitative estimate of drug-likeness (QED) is 0.885. The van der Waals surface area contributed by atoms with Gasteiger partial charge in [-0.15, -0.1) is 11.3 Å². The number of amides is 2. The number of benzene rings is 1. The van der Waals surface area contributed by atoms with Gasteiger partial charge in [-0.1, -0.05) is 6.07 Å². The summed E-state index contributed by atoms with van der Waals surface area (Å²) in [5, 5.41) is 13.5. The van der Waals surface area contributed by atoms with Crippen molar-refractivity contribution in [3.8, 4) is 6.07 Å². The summed E-state index contributed by atoms with van der Waals surface area (Å²) >= 11 is 1.57. The third kappa shape index (κ3) is 4.66. The molecule has 0 aliphatic heterocycles. The van der Waals surface area contributed by atoms with Crippen molar-refractivity contribution < 1.29 is 9.59 Å². The third-order valence-corrected chi connectivity index (χ3v) is 4.18. The number of carbonyl (C=O) groups is 2. The van der Waals surface area contributed by atoms with Crippen molar-refractivity contribution in [3.63, 3.8) is 0 Å². The Bertz CT molecular complexity index is 702. The molecule has 1 aromatic heterocycles. The van der Waals surface area contributed by atoms with E-state index in [1.807, 2.05) is 30.5 Å². The Labute approximate surface area is 139 Å². The highest BCUT2D eigenvalue weighted by molar-refractivity contribution is 7.09. The molecule has 2 aromatic rings. The van der Waals surface area contributed by atoms with Crippen LogP contribution in [0.15, 0.2) is 41.8 Å². The molecule has 0 aliphatic carbocycles. The van der Waals surface area contributed by atoms with Gasteiger partial charge < -0.3 is 10.2 Å². The molecule has 23 heavy (non-hydrogen) atoms. The lowest BCUT2D eigenvalue weighted by molar-refractivity contribution is -0.121. The maximum absolute atomic E-state index is 12.4. The molecule has 1 heterocycles. The monoisotopic (exact) mass is 327 g/mol. The first-order chi connectivity index (χ1) is 11.1. The van der Waals surface area contributed by atoms with Crippen molar-refractivity contribution in [2.45, 2.75) is 13.5 Å². The fourth-order valence-corrected chi connectivity index (χ4v) is 2.67. The van der Waals surface area contributed by atoms with Crippen LogP contribution in [-0.2, 0) is 11.3 Å². The van der Waals surface area contributed by atoms with Crippen LogP contribution in [0.2, 0.25) is 0 Å². The molecule has 0 saturated heterocycles. The molecule has 0 bridgehead atoms. The number of carbonyl (C=O) groups excluding carboxylic acids is 2. The molecule has 2 amide bonds. The summed E-state index contributed by atoms with van der Waals surface area (Å²) in [5.41, 5.74) is 0.968. The number of rotatable bonds is 6. The van der Waals surface area contributed by atoms with Crippen LogP contribution in [0.4, 0.5) is 0 Å². The molecule has 5 nitrogen and oxygen atoms in total. The summed E-state index contributed by atoms with van der Waals surface area (Å²) in [7, 11) is 0. The van der Waals surface area contributed by atoms with Crippen molar-refractivity contribution >= 4 is 23.2 Å². The van der Waals surface area contributed by atoms with Gasteiger partial charge in [-0.3, -0.25) is 9.59 Å². The summed E-state index contributed by atoms with van der Waals surface area (Å²) < 4.78 is 0. The van der Waals surface area contributed by atoms with E-state index in [0.717, 1.165) is 4.88 Å². The zero-order valence-corrected chi connectivity index (χ0v) is 13.6. The van der Waals surface area contributed by atoms with Gasteiger partial charge in [-0.2, -0.15) is 5.26 Å². The molecule has 1 aromatic carbocycles. The second-order valence-corrected chi connectivity index (χ2v) is 5.90. The van der Waals surface area contributed by atoms with E-state index in [-0.39, 0.29) is 18.4 Å². The molecule has 0 fully saturated rings. The van der Waals surface area contributed by atoms with E-state index in [1.165, 1.54) is 4.90 Å². The lowest BCUT2D eigenvalue weighted by Gasteiger charge is -2.20. The van der Waals surface area contributed by atoms with Crippen molar-refractivity contribution in [2.24, 2.45) is 0 Å². The van der Waals surface area contributed by atoms with Crippen LogP contribution in [0.1, 0.15) is 27.7 Å². The number of thiophene rings is 1. The zero-order chi connectivity index (χ0) is 16.7. The smallest absolute Gasteiger partial charge is 0.254 e. The molecule has 0 atom stereocenters. The molecule has 0 saturated carbocycles. The number of hydrogen-bond acceptors (Lipinski definition) is 4. The van der Waals surface area contributed by atoms with Crippen LogP contribution in [0, 0.1) is 11.3 Å². The lowest BCUT2D eigenvalue weighted by Crippen LogP contribution is -2.40. The lowest BCUT2D eigenvalue weighted by atomic mass is 10.1. The highest BCUT2D eigenvalue weighted by Crippen LogP contribution is 2.09. The van der Waals surface area contributed by atoms with E-state index in [4.69, 9.17) is 5.26 Å². The van der Waals surface area contributed by atoms with Gasteiger partial charge in [-0.05, 0) is 42.6 Å². The summed E-state index contributed by atoms with van der Waals surface area (Å²) in [6, 6.07) is 12.3. The second kappa shape index (κ2) is 8.11. The van der Waals surface area contributed by atoms with Gasteiger partial charge >= 0.3 is 0 Å². The molecule has 2 rings (SSSR count).